The summed E-state index contributed by atoms with van der Waals surface area (Å²) < 4.78 is 5.39. The molecule has 88 valence electrons. The van der Waals surface area contributed by atoms with Crippen LogP contribution in [-0.2, 0) is 6.42 Å². The fraction of sp³-hybridized carbons (Fsp3) is 0.308. The van der Waals surface area contributed by atoms with Crippen LogP contribution in [0.4, 0.5) is 0 Å². The highest BCUT2D eigenvalue weighted by molar-refractivity contribution is 6.28. The Kier molecular flexibility index (Phi) is 2.65. The molecule has 0 aliphatic heterocycles. The van der Waals surface area contributed by atoms with Crippen LogP contribution in [0.2, 0.25) is 5.22 Å². The molecule has 1 aliphatic rings. The van der Waals surface area contributed by atoms with E-state index in [1.165, 1.54) is 5.56 Å². The maximum Gasteiger partial charge on any atom is 0.193 e. The molecule has 0 saturated carbocycles. The standard InChI is InChI=1S/C13H13ClN2O/c14-11-6-5-10(17-11)12(15)9-4-3-8-2-1-7-16-13(8)9/h1-2,5-7,9,12H,3-4,15H2. The first-order chi connectivity index (χ1) is 8.25. The molecular weight excluding hydrogens is 236 g/mol. The van der Waals surface area contributed by atoms with Crippen molar-refractivity contribution in [2.24, 2.45) is 5.73 Å². The van der Waals surface area contributed by atoms with Gasteiger partial charge in [0.05, 0.1) is 6.04 Å². The zero-order valence-corrected chi connectivity index (χ0v) is 10.0. The van der Waals surface area contributed by atoms with E-state index in [1.807, 2.05) is 18.3 Å². The normalized spacial score (nSPS) is 20.2. The van der Waals surface area contributed by atoms with Gasteiger partial charge in [-0.15, -0.1) is 0 Å². The van der Waals surface area contributed by atoms with E-state index in [4.69, 9.17) is 21.8 Å². The average molecular weight is 249 g/mol. The van der Waals surface area contributed by atoms with Gasteiger partial charge in [-0.1, -0.05) is 6.07 Å². The first kappa shape index (κ1) is 10.8. The lowest BCUT2D eigenvalue weighted by Gasteiger charge is -2.17. The molecule has 0 fully saturated rings. The van der Waals surface area contributed by atoms with Gasteiger partial charge in [0, 0.05) is 17.8 Å². The van der Waals surface area contributed by atoms with Crippen molar-refractivity contribution in [1.82, 2.24) is 4.98 Å². The Morgan fingerprint density at radius 1 is 1.41 bits per heavy atom. The smallest absolute Gasteiger partial charge is 0.193 e. The van der Waals surface area contributed by atoms with Gasteiger partial charge in [0.2, 0.25) is 0 Å². The third-order valence-electron chi connectivity index (χ3n) is 3.36. The summed E-state index contributed by atoms with van der Waals surface area (Å²) >= 11 is 5.77. The number of pyridine rings is 1. The Morgan fingerprint density at radius 2 is 2.29 bits per heavy atom. The first-order valence-corrected chi connectivity index (χ1v) is 6.08. The molecule has 0 saturated heterocycles. The minimum Gasteiger partial charge on any atom is -0.448 e. The third-order valence-corrected chi connectivity index (χ3v) is 3.56. The van der Waals surface area contributed by atoms with Gasteiger partial charge in [-0.25, -0.2) is 0 Å². The molecule has 0 amide bonds. The maximum atomic E-state index is 6.24. The Morgan fingerprint density at radius 3 is 3.06 bits per heavy atom. The van der Waals surface area contributed by atoms with Gasteiger partial charge in [-0.2, -0.15) is 0 Å². The average Bonchev–Trinajstić information content (AvgIpc) is 2.94. The molecule has 2 atom stereocenters. The molecule has 0 bridgehead atoms. The van der Waals surface area contributed by atoms with Crippen LogP contribution in [0.1, 0.15) is 35.4 Å². The van der Waals surface area contributed by atoms with Gasteiger partial charge in [-0.3, -0.25) is 4.98 Å². The summed E-state index contributed by atoms with van der Waals surface area (Å²) in [6.07, 6.45) is 3.88. The van der Waals surface area contributed by atoms with Crippen molar-refractivity contribution < 1.29 is 4.42 Å². The number of rotatable bonds is 2. The lowest BCUT2D eigenvalue weighted by molar-refractivity contribution is 0.420. The summed E-state index contributed by atoms with van der Waals surface area (Å²) in [5, 5.41) is 0.384. The summed E-state index contributed by atoms with van der Waals surface area (Å²) in [6, 6.07) is 7.48. The number of hydrogen-bond donors (Lipinski definition) is 1. The second-order valence-corrected chi connectivity index (χ2v) is 4.73. The second-order valence-electron chi connectivity index (χ2n) is 4.36. The first-order valence-electron chi connectivity index (χ1n) is 5.70. The van der Waals surface area contributed by atoms with Gasteiger partial charge in [-0.05, 0) is 48.2 Å². The Hall–Kier alpha value is -1.32. The SMILES string of the molecule is NC(c1ccc(Cl)o1)C1CCc2cccnc21. The summed E-state index contributed by atoms with van der Waals surface area (Å²) in [6.45, 7) is 0. The third kappa shape index (κ3) is 1.85. The lowest BCUT2D eigenvalue weighted by Crippen LogP contribution is -2.18. The number of aromatic nitrogens is 1. The number of nitrogens with two attached hydrogens (primary N) is 1. The van der Waals surface area contributed by atoms with Gasteiger partial charge in [0.25, 0.3) is 0 Å². The van der Waals surface area contributed by atoms with E-state index in [1.54, 1.807) is 6.07 Å². The Bertz CT molecular complexity index is 538. The molecule has 17 heavy (non-hydrogen) atoms. The van der Waals surface area contributed by atoms with Gasteiger partial charge in [0.15, 0.2) is 5.22 Å². The van der Waals surface area contributed by atoms with E-state index in [-0.39, 0.29) is 12.0 Å². The molecule has 2 aromatic heterocycles. The molecule has 1 aliphatic carbocycles. The van der Waals surface area contributed by atoms with Crippen LogP contribution < -0.4 is 5.73 Å². The summed E-state index contributed by atoms with van der Waals surface area (Å²) in [5.74, 6) is 0.965. The van der Waals surface area contributed by atoms with Gasteiger partial charge < -0.3 is 10.2 Å². The van der Waals surface area contributed by atoms with Crippen molar-refractivity contribution in [2.45, 2.75) is 24.8 Å². The molecular formula is C13H13ClN2O. The van der Waals surface area contributed by atoms with Crippen molar-refractivity contribution >= 4 is 11.6 Å². The molecule has 0 spiro atoms. The van der Waals surface area contributed by atoms with Crippen LogP contribution >= 0.6 is 11.6 Å². The van der Waals surface area contributed by atoms with Crippen molar-refractivity contribution in [3.05, 3.63) is 52.7 Å². The number of halogens is 1. The number of furan rings is 1. The number of fused-ring (bicyclic) bond motifs is 1. The van der Waals surface area contributed by atoms with E-state index in [9.17, 15) is 0 Å². The second kappa shape index (κ2) is 4.17. The fourth-order valence-corrected chi connectivity index (χ4v) is 2.65. The van der Waals surface area contributed by atoms with Crippen molar-refractivity contribution in [1.29, 1.82) is 0 Å². The summed E-state index contributed by atoms with van der Waals surface area (Å²) in [5.41, 5.74) is 8.64. The van der Waals surface area contributed by atoms with Gasteiger partial charge in [0.1, 0.15) is 5.76 Å². The Labute approximate surface area is 105 Å². The van der Waals surface area contributed by atoms with Gasteiger partial charge >= 0.3 is 0 Å². The predicted octanol–water partition coefficient (Wildman–Crippen LogP) is 3.06. The number of nitrogens with zero attached hydrogens (tertiary/aromatic N) is 1. The zero-order chi connectivity index (χ0) is 11.8. The van der Waals surface area contributed by atoms with Crippen molar-refractivity contribution in [2.75, 3.05) is 0 Å². The lowest BCUT2D eigenvalue weighted by atomic mass is 9.96. The maximum absolute atomic E-state index is 6.24. The molecule has 0 radical (unpaired) electrons. The van der Waals surface area contributed by atoms with Crippen molar-refractivity contribution in [3.8, 4) is 0 Å². The van der Waals surface area contributed by atoms with Crippen LogP contribution in [-0.4, -0.2) is 4.98 Å². The monoisotopic (exact) mass is 248 g/mol. The van der Waals surface area contributed by atoms with E-state index in [2.05, 4.69) is 11.1 Å². The van der Waals surface area contributed by atoms with Crippen LogP contribution in [0.25, 0.3) is 0 Å². The Balaban J connectivity index is 1.92. The van der Waals surface area contributed by atoms with E-state index >= 15 is 0 Å². The molecule has 0 aromatic carbocycles. The quantitative estimate of drug-likeness (QED) is 0.889. The molecule has 3 rings (SSSR count). The molecule has 3 nitrogen and oxygen atoms in total. The number of aryl methyl sites for hydroxylation is 1. The molecule has 2 aromatic rings. The highest BCUT2D eigenvalue weighted by Gasteiger charge is 2.31. The minimum atomic E-state index is -0.168. The predicted molar refractivity (Wildman–Crippen MR) is 65.9 cm³/mol. The summed E-state index contributed by atoms with van der Waals surface area (Å²) in [4.78, 5) is 4.44. The fourth-order valence-electron chi connectivity index (χ4n) is 2.50. The zero-order valence-electron chi connectivity index (χ0n) is 9.27. The molecule has 4 heteroatoms. The van der Waals surface area contributed by atoms with Crippen molar-refractivity contribution in [3.63, 3.8) is 0 Å². The molecule has 2 unspecified atom stereocenters. The van der Waals surface area contributed by atoms with Crippen LogP contribution in [0.3, 0.4) is 0 Å². The van der Waals surface area contributed by atoms with Crippen LogP contribution in [0.15, 0.2) is 34.9 Å². The van der Waals surface area contributed by atoms with Crippen LogP contribution in [0.5, 0.6) is 0 Å². The molecule has 2 N–H and O–H groups in total. The highest BCUT2D eigenvalue weighted by atomic mass is 35.5. The highest BCUT2D eigenvalue weighted by Crippen LogP contribution is 2.39. The van der Waals surface area contributed by atoms with E-state index in [0.29, 0.717) is 5.22 Å². The number of hydrogen-bond acceptors (Lipinski definition) is 3. The molecule has 2 heterocycles. The summed E-state index contributed by atoms with van der Waals surface area (Å²) in [7, 11) is 0. The van der Waals surface area contributed by atoms with E-state index in [0.717, 1.165) is 24.3 Å². The minimum absolute atomic E-state index is 0.168. The van der Waals surface area contributed by atoms with Crippen LogP contribution in [0, 0.1) is 0 Å². The largest absolute Gasteiger partial charge is 0.448 e. The topological polar surface area (TPSA) is 52.0 Å². The van der Waals surface area contributed by atoms with E-state index < -0.39 is 0 Å².